The zero-order valence-electron chi connectivity index (χ0n) is 18.6. The standard InChI is InChI=1S/C23H21F6NO4S/c1-3-5-13-11-16-17(30-34-20(16)22(24,25)26)15(6-4-2)18(13)33-19(21(31)32)12-7-9-14(10-8-12)35-23(27,28)29/h7-11,19H,3-6H2,1-2H3,(H,31,32). The molecule has 1 heterocycles. The summed E-state index contributed by atoms with van der Waals surface area (Å²) < 4.78 is 88.7. The van der Waals surface area contributed by atoms with Crippen LogP contribution in [-0.4, -0.2) is 21.7 Å². The number of carbonyl (C=O) groups is 1. The first kappa shape index (κ1) is 26.7. The van der Waals surface area contributed by atoms with E-state index in [1.807, 2.05) is 0 Å². The van der Waals surface area contributed by atoms with E-state index in [9.17, 15) is 36.2 Å². The van der Waals surface area contributed by atoms with Crippen LogP contribution < -0.4 is 4.74 Å². The SMILES string of the molecule is CCCc1cc2c(C(F)(F)F)onc2c(CCC)c1OC(C(=O)O)c1ccc(SC(F)(F)F)cc1. The van der Waals surface area contributed by atoms with Gasteiger partial charge in [-0.3, -0.25) is 0 Å². The molecule has 0 aliphatic rings. The maximum atomic E-state index is 13.4. The molecule has 12 heteroatoms. The Kier molecular flexibility index (Phi) is 7.93. The summed E-state index contributed by atoms with van der Waals surface area (Å²) >= 11 is -0.342. The molecule has 3 rings (SSSR count). The van der Waals surface area contributed by atoms with Crippen LogP contribution in [0, 0.1) is 0 Å². The minimum Gasteiger partial charge on any atom is -0.478 e. The molecular formula is C23H21F6NO4S. The fourth-order valence-electron chi connectivity index (χ4n) is 3.70. The molecule has 0 spiro atoms. The molecule has 0 aliphatic heterocycles. The van der Waals surface area contributed by atoms with Gasteiger partial charge in [0.05, 0.1) is 5.39 Å². The highest BCUT2D eigenvalue weighted by Crippen LogP contribution is 2.42. The normalized spacial score (nSPS) is 13.3. The van der Waals surface area contributed by atoms with Crippen LogP contribution in [0.3, 0.4) is 0 Å². The van der Waals surface area contributed by atoms with Crippen LogP contribution in [0.5, 0.6) is 5.75 Å². The van der Waals surface area contributed by atoms with Crippen molar-refractivity contribution < 1.29 is 45.5 Å². The number of ether oxygens (including phenoxy) is 1. The fraction of sp³-hybridized carbons (Fsp3) is 0.391. The van der Waals surface area contributed by atoms with Gasteiger partial charge >= 0.3 is 17.7 Å². The van der Waals surface area contributed by atoms with Crippen molar-refractivity contribution in [2.45, 2.75) is 62.2 Å². The molecule has 1 unspecified atom stereocenters. The molecule has 0 amide bonds. The van der Waals surface area contributed by atoms with Crippen molar-refractivity contribution in [2.24, 2.45) is 0 Å². The van der Waals surface area contributed by atoms with Crippen LogP contribution in [0.25, 0.3) is 10.9 Å². The summed E-state index contributed by atoms with van der Waals surface area (Å²) in [7, 11) is 0. The highest BCUT2D eigenvalue weighted by Gasteiger charge is 2.39. The van der Waals surface area contributed by atoms with Crippen LogP contribution in [-0.2, 0) is 23.8 Å². The first-order chi connectivity index (χ1) is 16.4. The maximum Gasteiger partial charge on any atom is 0.453 e. The maximum absolute atomic E-state index is 13.4. The van der Waals surface area contributed by atoms with Crippen LogP contribution in [0.15, 0.2) is 39.8 Å². The van der Waals surface area contributed by atoms with E-state index in [1.54, 1.807) is 13.8 Å². The molecule has 0 saturated carbocycles. The fourth-order valence-corrected chi connectivity index (χ4v) is 4.24. The smallest absolute Gasteiger partial charge is 0.453 e. The van der Waals surface area contributed by atoms with Gasteiger partial charge in [-0.15, -0.1) is 0 Å². The largest absolute Gasteiger partial charge is 0.478 e. The van der Waals surface area contributed by atoms with Crippen molar-refractivity contribution in [1.29, 1.82) is 0 Å². The molecule has 0 saturated heterocycles. The number of thioether (sulfide) groups is 1. The first-order valence-electron chi connectivity index (χ1n) is 10.6. The molecule has 0 bridgehead atoms. The third kappa shape index (κ3) is 6.22. The molecule has 5 nitrogen and oxygen atoms in total. The van der Waals surface area contributed by atoms with E-state index in [2.05, 4.69) is 9.68 Å². The van der Waals surface area contributed by atoms with Crippen molar-refractivity contribution in [2.75, 3.05) is 0 Å². The van der Waals surface area contributed by atoms with Gasteiger partial charge in [-0.25, -0.2) is 4.79 Å². The van der Waals surface area contributed by atoms with E-state index in [0.717, 1.165) is 12.1 Å². The number of nitrogens with zero attached hydrogens (tertiary/aromatic N) is 1. The van der Waals surface area contributed by atoms with E-state index in [4.69, 9.17) is 4.74 Å². The van der Waals surface area contributed by atoms with E-state index in [1.165, 1.54) is 18.2 Å². The molecule has 3 aromatic rings. The minimum absolute atomic E-state index is 0.0740. The number of alkyl halides is 6. The molecule has 190 valence electrons. The number of fused-ring (bicyclic) bond motifs is 1. The number of hydrogen-bond acceptors (Lipinski definition) is 5. The zero-order chi connectivity index (χ0) is 26.0. The number of carboxylic acids is 1. The Labute approximate surface area is 200 Å². The summed E-state index contributed by atoms with van der Waals surface area (Å²) in [4.78, 5) is 11.9. The average molecular weight is 521 g/mol. The van der Waals surface area contributed by atoms with Crippen LogP contribution in [0.4, 0.5) is 26.3 Å². The molecule has 2 aromatic carbocycles. The molecule has 35 heavy (non-hydrogen) atoms. The summed E-state index contributed by atoms with van der Waals surface area (Å²) in [6, 6.07) is 5.92. The number of carboxylic acid groups (broad SMARTS) is 1. The second-order valence-electron chi connectivity index (χ2n) is 7.70. The monoisotopic (exact) mass is 521 g/mol. The highest BCUT2D eigenvalue weighted by atomic mass is 32.2. The number of halogens is 6. The number of hydrogen-bond donors (Lipinski definition) is 1. The third-order valence-electron chi connectivity index (χ3n) is 5.05. The van der Waals surface area contributed by atoms with Crippen molar-refractivity contribution in [3.05, 3.63) is 52.8 Å². The number of aryl methyl sites for hydroxylation is 2. The molecule has 0 fully saturated rings. The predicted molar refractivity (Wildman–Crippen MR) is 116 cm³/mol. The third-order valence-corrected chi connectivity index (χ3v) is 5.79. The van der Waals surface area contributed by atoms with Gasteiger partial charge in [-0.05, 0) is 48.4 Å². The van der Waals surface area contributed by atoms with Gasteiger partial charge in [0, 0.05) is 16.0 Å². The van der Waals surface area contributed by atoms with Crippen molar-refractivity contribution >= 4 is 28.6 Å². The summed E-state index contributed by atoms with van der Waals surface area (Å²) in [5, 5.41) is 13.2. The van der Waals surface area contributed by atoms with E-state index >= 15 is 0 Å². The lowest BCUT2D eigenvalue weighted by Crippen LogP contribution is -2.20. The molecule has 1 atom stereocenters. The molecule has 0 radical (unpaired) electrons. The number of aliphatic carboxylic acids is 1. The van der Waals surface area contributed by atoms with Gasteiger partial charge in [0.25, 0.3) is 0 Å². The second kappa shape index (κ2) is 10.4. The lowest BCUT2D eigenvalue weighted by Gasteiger charge is -2.21. The Morgan fingerprint density at radius 2 is 1.71 bits per heavy atom. The van der Waals surface area contributed by atoms with Crippen molar-refractivity contribution in [1.82, 2.24) is 5.16 Å². The van der Waals surface area contributed by atoms with Gasteiger partial charge in [0.1, 0.15) is 11.3 Å². The van der Waals surface area contributed by atoms with Crippen LogP contribution in [0.1, 0.15) is 55.2 Å². The Morgan fingerprint density at radius 1 is 1.09 bits per heavy atom. The molecule has 0 aliphatic carbocycles. The second-order valence-corrected chi connectivity index (χ2v) is 8.84. The summed E-state index contributed by atoms with van der Waals surface area (Å²) in [6.45, 7) is 3.59. The number of benzene rings is 2. The Bertz CT molecular complexity index is 1190. The summed E-state index contributed by atoms with van der Waals surface area (Å²) in [5.41, 5.74) is -3.87. The minimum atomic E-state index is -4.77. The first-order valence-corrected chi connectivity index (χ1v) is 11.4. The Balaban J connectivity index is 2.11. The topological polar surface area (TPSA) is 72.6 Å². The van der Waals surface area contributed by atoms with E-state index < -0.39 is 29.5 Å². The van der Waals surface area contributed by atoms with Crippen LogP contribution >= 0.6 is 11.8 Å². The van der Waals surface area contributed by atoms with Gasteiger partial charge in [-0.1, -0.05) is 44.0 Å². The summed E-state index contributed by atoms with van der Waals surface area (Å²) in [5.74, 6) is -2.58. The molecular weight excluding hydrogens is 500 g/mol. The lowest BCUT2D eigenvalue weighted by atomic mass is 9.97. The quantitative estimate of drug-likeness (QED) is 0.231. The Hall–Kier alpha value is -2.89. The van der Waals surface area contributed by atoms with Crippen molar-refractivity contribution in [3.8, 4) is 5.75 Å². The zero-order valence-corrected chi connectivity index (χ0v) is 19.4. The van der Waals surface area contributed by atoms with Gasteiger partial charge in [-0.2, -0.15) is 26.3 Å². The predicted octanol–water partition coefficient (Wildman–Crippen LogP) is 7.57. The number of rotatable bonds is 9. The van der Waals surface area contributed by atoms with E-state index in [-0.39, 0.29) is 57.3 Å². The van der Waals surface area contributed by atoms with Crippen molar-refractivity contribution in [3.63, 3.8) is 0 Å². The van der Waals surface area contributed by atoms with E-state index in [0.29, 0.717) is 18.4 Å². The average Bonchev–Trinajstić information content (AvgIpc) is 3.17. The number of aromatic nitrogens is 1. The van der Waals surface area contributed by atoms with Gasteiger partial charge in [0.2, 0.25) is 11.9 Å². The summed E-state index contributed by atoms with van der Waals surface area (Å²) in [6.07, 6.45) is -4.84. The van der Waals surface area contributed by atoms with Crippen LogP contribution in [0.2, 0.25) is 0 Å². The lowest BCUT2D eigenvalue weighted by molar-refractivity contribution is -0.154. The molecule has 1 aromatic heterocycles. The Morgan fingerprint density at radius 3 is 2.23 bits per heavy atom. The van der Waals surface area contributed by atoms with Gasteiger partial charge in [0.15, 0.2) is 0 Å². The van der Waals surface area contributed by atoms with Gasteiger partial charge < -0.3 is 14.4 Å². The molecule has 1 N–H and O–H groups in total. The highest BCUT2D eigenvalue weighted by molar-refractivity contribution is 8.00.